The smallest absolute Gasteiger partial charge is 0.251 e. The van der Waals surface area contributed by atoms with Gasteiger partial charge in [0.2, 0.25) is 5.91 Å². The molecule has 2 aliphatic rings. The molecule has 6 nitrogen and oxygen atoms in total. The lowest BCUT2D eigenvalue weighted by molar-refractivity contribution is -0.117. The number of hydrogen-bond donors (Lipinski definition) is 2. The molecular weight excluding hydrogens is 376 g/mol. The van der Waals surface area contributed by atoms with Crippen LogP contribution in [0, 0.1) is 23.2 Å². The maximum atomic E-state index is 12.7. The molecule has 1 saturated carbocycles. The highest BCUT2D eigenvalue weighted by molar-refractivity contribution is 5.98. The molecule has 0 aromatic heterocycles. The van der Waals surface area contributed by atoms with Gasteiger partial charge in [-0.15, -0.1) is 0 Å². The topological polar surface area (TPSA) is 85.2 Å². The third kappa shape index (κ3) is 3.52. The standard InChI is InChI=1S/C24H26N4O2/c1-14-22(27-19-9-4-16(13-25)5-10-19)20-12-18(24(30)26-3)8-11-21(20)28(15(2)29)23(14)17-6-7-17/h4-5,8-12,14,17,22-23,27H,6-7H2,1-3H3,(H,26,30)/t14-,22-,23-/m1/s1. The third-order valence-electron chi connectivity index (χ3n) is 6.25. The van der Waals surface area contributed by atoms with Crippen molar-refractivity contribution in [1.29, 1.82) is 5.26 Å². The molecule has 30 heavy (non-hydrogen) atoms. The van der Waals surface area contributed by atoms with Gasteiger partial charge in [0.25, 0.3) is 5.91 Å². The van der Waals surface area contributed by atoms with Crippen LogP contribution >= 0.6 is 0 Å². The quantitative estimate of drug-likeness (QED) is 0.813. The van der Waals surface area contributed by atoms with Gasteiger partial charge >= 0.3 is 0 Å². The van der Waals surface area contributed by atoms with Crippen molar-refractivity contribution in [2.45, 2.75) is 38.8 Å². The van der Waals surface area contributed by atoms with Gasteiger partial charge in [0.05, 0.1) is 17.7 Å². The van der Waals surface area contributed by atoms with Crippen LogP contribution in [-0.2, 0) is 4.79 Å². The summed E-state index contributed by atoms with van der Waals surface area (Å²) in [7, 11) is 1.61. The summed E-state index contributed by atoms with van der Waals surface area (Å²) in [5.41, 5.74) is 3.91. The van der Waals surface area contributed by atoms with E-state index in [0.29, 0.717) is 17.0 Å². The van der Waals surface area contributed by atoms with Gasteiger partial charge in [-0.2, -0.15) is 5.26 Å². The molecular formula is C24H26N4O2. The Morgan fingerprint density at radius 1 is 1.13 bits per heavy atom. The number of hydrogen-bond acceptors (Lipinski definition) is 4. The Kier molecular flexibility index (Phi) is 5.21. The van der Waals surface area contributed by atoms with Crippen LogP contribution in [0.4, 0.5) is 11.4 Å². The van der Waals surface area contributed by atoms with E-state index in [9.17, 15) is 9.59 Å². The minimum atomic E-state index is -0.152. The summed E-state index contributed by atoms with van der Waals surface area (Å²) in [4.78, 5) is 26.9. The summed E-state index contributed by atoms with van der Waals surface area (Å²) in [5.74, 6) is 0.538. The molecule has 1 heterocycles. The lowest BCUT2D eigenvalue weighted by Crippen LogP contribution is -2.51. The highest BCUT2D eigenvalue weighted by Gasteiger charge is 2.47. The van der Waals surface area contributed by atoms with Crippen molar-refractivity contribution >= 4 is 23.2 Å². The molecule has 154 valence electrons. The molecule has 2 N–H and O–H groups in total. The minimum absolute atomic E-state index is 0.0320. The first-order valence-electron chi connectivity index (χ1n) is 10.4. The Balaban J connectivity index is 1.80. The number of nitrogens with zero attached hydrogens (tertiary/aromatic N) is 2. The van der Waals surface area contributed by atoms with Gasteiger partial charge in [-0.05, 0) is 66.8 Å². The van der Waals surface area contributed by atoms with E-state index < -0.39 is 0 Å². The molecule has 1 aliphatic carbocycles. The fraction of sp³-hybridized carbons (Fsp3) is 0.375. The van der Waals surface area contributed by atoms with Crippen molar-refractivity contribution in [3.05, 3.63) is 59.2 Å². The number of anilines is 2. The Morgan fingerprint density at radius 2 is 1.83 bits per heavy atom. The summed E-state index contributed by atoms with van der Waals surface area (Å²) >= 11 is 0. The fourth-order valence-electron chi connectivity index (χ4n) is 4.67. The predicted octanol–water partition coefficient (Wildman–Crippen LogP) is 3.85. The van der Waals surface area contributed by atoms with Gasteiger partial charge in [0.15, 0.2) is 0 Å². The SMILES string of the molecule is CNC(=O)c1ccc2c(c1)[C@H](Nc1ccc(C#N)cc1)[C@@H](C)[C@H](C1CC1)N2C(C)=O. The van der Waals surface area contributed by atoms with Crippen LogP contribution in [0.5, 0.6) is 0 Å². The van der Waals surface area contributed by atoms with Crippen molar-refractivity contribution in [2.75, 3.05) is 17.3 Å². The summed E-state index contributed by atoms with van der Waals surface area (Å²) in [6.45, 7) is 3.79. The minimum Gasteiger partial charge on any atom is -0.378 e. The second-order valence-electron chi connectivity index (χ2n) is 8.24. The molecule has 4 rings (SSSR count). The highest BCUT2D eigenvalue weighted by atomic mass is 16.2. The number of nitriles is 1. The Bertz CT molecular complexity index is 1020. The van der Waals surface area contributed by atoms with Crippen LogP contribution < -0.4 is 15.5 Å². The third-order valence-corrected chi connectivity index (χ3v) is 6.25. The van der Waals surface area contributed by atoms with Crippen LogP contribution in [0.1, 0.15) is 54.2 Å². The average Bonchev–Trinajstić information content (AvgIpc) is 3.59. The molecule has 0 saturated heterocycles. The second-order valence-corrected chi connectivity index (χ2v) is 8.24. The first-order valence-corrected chi connectivity index (χ1v) is 10.4. The summed E-state index contributed by atoms with van der Waals surface area (Å²) in [6.07, 6.45) is 2.27. The Hall–Kier alpha value is -3.33. The van der Waals surface area contributed by atoms with Gasteiger partial charge in [0.1, 0.15) is 0 Å². The maximum Gasteiger partial charge on any atom is 0.251 e. The first kappa shape index (κ1) is 20.0. The van der Waals surface area contributed by atoms with Crippen LogP contribution in [-0.4, -0.2) is 24.9 Å². The lowest BCUT2D eigenvalue weighted by atomic mass is 9.79. The maximum absolute atomic E-state index is 12.7. The largest absolute Gasteiger partial charge is 0.378 e. The zero-order chi connectivity index (χ0) is 21.4. The average molecular weight is 402 g/mol. The van der Waals surface area contributed by atoms with Crippen LogP contribution in [0.2, 0.25) is 0 Å². The molecule has 2 aromatic carbocycles. The number of amides is 2. The molecule has 1 aliphatic heterocycles. The molecule has 1 fully saturated rings. The van der Waals surface area contributed by atoms with Crippen molar-refractivity contribution in [1.82, 2.24) is 5.32 Å². The molecule has 2 amide bonds. The molecule has 0 spiro atoms. The Labute approximate surface area is 176 Å². The highest BCUT2D eigenvalue weighted by Crippen LogP contribution is 2.50. The number of carbonyl (C=O) groups excluding carboxylic acids is 2. The molecule has 2 aromatic rings. The predicted molar refractivity (Wildman–Crippen MR) is 116 cm³/mol. The normalized spacial score (nSPS) is 22.6. The van der Waals surface area contributed by atoms with Gasteiger partial charge in [-0.25, -0.2) is 0 Å². The summed E-state index contributed by atoms with van der Waals surface area (Å²) in [6, 6.07) is 15.2. The van der Waals surface area contributed by atoms with E-state index in [1.165, 1.54) is 0 Å². The zero-order valence-corrected chi connectivity index (χ0v) is 17.5. The number of nitrogens with one attached hydrogen (secondary N) is 2. The van der Waals surface area contributed by atoms with Crippen molar-refractivity contribution in [3.63, 3.8) is 0 Å². The van der Waals surface area contributed by atoms with Crippen molar-refractivity contribution in [3.8, 4) is 6.07 Å². The van der Waals surface area contributed by atoms with Crippen LogP contribution in [0.3, 0.4) is 0 Å². The van der Waals surface area contributed by atoms with E-state index in [1.54, 1.807) is 32.2 Å². The fourth-order valence-corrected chi connectivity index (χ4v) is 4.67. The molecule has 3 atom stereocenters. The summed E-state index contributed by atoms with van der Waals surface area (Å²) < 4.78 is 0. The van der Waals surface area contributed by atoms with Gasteiger partial charge in [-0.3, -0.25) is 9.59 Å². The summed E-state index contributed by atoms with van der Waals surface area (Å²) in [5, 5.41) is 15.4. The second kappa shape index (κ2) is 7.83. The molecule has 0 radical (unpaired) electrons. The number of benzene rings is 2. The van der Waals surface area contributed by atoms with Crippen molar-refractivity contribution in [2.24, 2.45) is 11.8 Å². The van der Waals surface area contributed by atoms with E-state index in [1.807, 2.05) is 29.2 Å². The number of carbonyl (C=O) groups is 2. The molecule has 0 unspecified atom stereocenters. The van der Waals surface area contributed by atoms with E-state index in [2.05, 4.69) is 23.6 Å². The van der Waals surface area contributed by atoms with E-state index in [4.69, 9.17) is 5.26 Å². The number of rotatable bonds is 4. The van der Waals surface area contributed by atoms with E-state index >= 15 is 0 Å². The van der Waals surface area contributed by atoms with Gasteiger partial charge in [-0.1, -0.05) is 6.92 Å². The van der Waals surface area contributed by atoms with Gasteiger partial charge in [0, 0.05) is 42.9 Å². The van der Waals surface area contributed by atoms with E-state index in [-0.39, 0.29) is 29.8 Å². The van der Waals surface area contributed by atoms with Crippen LogP contribution in [0.25, 0.3) is 0 Å². The molecule has 0 bridgehead atoms. The monoisotopic (exact) mass is 402 g/mol. The van der Waals surface area contributed by atoms with E-state index in [0.717, 1.165) is 29.8 Å². The van der Waals surface area contributed by atoms with Crippen LogP contribution in [0.15, 0.2) is 42.5 Å². The lowest BCUT2D eigenvalue weighted by Gasteiger charge is -2.46. The molecule has 6 heteroatoms. The zero-order valence-electron chi connectivity index (χ0n) is 17.5. The number of fused-ring (bicyclic) bond motifs is 1. The Morgan fingerprint density at radius 3 is 2.40 bits per heavy atom. The first-order chi connectivity index (χ1) is 14.4. The van der Waals surface area contributed by atoms with Gasteiger partial charge < -0.3 is 15.5 Å². The van der Waals surface area contributed by atoms with Crippen molar-refractivity contribution < 1.29 is 9.59 Å².